The molecule has 25 heavy (non-hydrogen) atoms. The van der Waals surface area contributed by atoms with Crippen LogP contribution in [0.5, 0.6) is 17.2 Å². The van der Waals surface area contributed by atoms with Crippen molar-refractivity contribution in [2.24, 2.45) is 0 Å². The maximum atomic E-state index is 5.46. The topological polar surface area (TPSA) is 27.7 Å². The molecule has 0 unspecified atom stereocenters. The molecule has 3 aromatic carbocycles. The molecule has 0 aromatic heterocycles. The fourth-order valence-corrected chi connectivity index (χ4v) is 3.65. The minimum Gasteiger partial charge on any atom is -0.497 e. The lowest BCUT2D eigenvalue weighted by Gasteiger charge is -2.16. The van der Waals surface area contributed by atoms with Crippen LogP contribution in [0.15, 0.2) is 60.7 Å². The van der Waals surface area contributed by atoms with Crippen LogP contribution in [-0.2, 0) is 0 Å². The van der Waals surface area contributed by atoms with E-state index in [1.54, 1.807) is 21.3 Å². The fourth-order valence-electron chi connectivity index (χ4n) is 3.65. The molecule has 0 radical (unpaired) electrons. The first-order valence-corrected chi connectivity index (χ1v) is 8.25. The van der Waals surface area contributed by atoms with E-state index in [1.807, 2.05) is 24.3 Å². The van der Waals surface area contributed by atoms with Gasteiger partial charge in [-0.2, -0.15) is 0 Å². The SMILES string of the molecule is COc1cccc(C2c3cc(OC)ccc3-c3ccc(OC)cc32)c1. The molecular formula is C22H20O3. The van der Waals surface area contributed by atoms with Gasteiger partial charge in [0, 0.05) is 5.92 Å². The van der Waals surface area contributed by atoms with E-state index >= 15 is 0 Å². The van der Waals surface area contributed by atoms with Crippen LogP contribution >= 0.6 is 0 Å². The lowest BCUT2D eigenvalue weighted by molar-refractivity contribution is 0.413. The van der Waals surface area contributed by atoms with Crippen molar-refractivity contribution in [2.75, 3.05) is 21.3 Å². The number of methoxy groups -OCH3 is 3. The molecule has 0 saturated carbocycles. The summed E-state index contributed by atoms with van der Waals surface area (Å²) >= 11 is 0. The molecule has 3 nitrogen and oxygen atoms in total. The van der Waals surface area contributed by atoms with E-state index in [1.165, 1.54) is 27.8 Å². The first-order chi connectivity index (χ1) is 12.2. The Bertz CT molecular complexity index is 877. The summed E-state index contributed by atoms with van der Waals surface area (Å²) < 4.78 is 16.4. The molecule has 0 fully saturated rings. The Kier molecular flexibility index (Phi) is 3.85. The third-order valence-corrected chi connectivity index (χ3v) is 4.86. The second kappa shape index (κ2) is 6.17. The molecule has 126 valence electrons. The van der Waals surface area contributed by atoms with Gasteiger partial charge in [-0.15, -0.1) is 0 Å². The zero-order valence-corrected chi connectivity index (χ0v) is 14.6. The van der Waals surface area contributed by atoms with E-state index in [9.17, 15) is 0 Å². The maximum absolute atomic E-state index is 5.46. The highest BCUT2D eigenvalue weighted by atomic mass is 16.5. The molecule has 3 heteroatoms. The summed E-state index contributed by atoms with van der Waals surface area (Å²) in [5.74, 6) is 2.72. The molecule has 4 rings (SSSR count). The predicted molar refractivity (Wildman–Crippen MR) is 98.9 cm³/mol. The van der Waals surface area contributed by atoms with Gasteiger partial charge in [-0.05, 0) is 64.2 Å². The zero-order chi connectivity index (χ0) is 17.4. The Labute approximate surface area is 147 Å². The average Bonchev–Trinajstić information content (AvgIpc) is 3.00. The smallest absolute Gasteiger partial charge is 0.119 e. The predicted octanol–water partition coefficient (Wildman–Crippen LogP) is 4.87. The van der Waals surface area contributed by atoms with Crippen LogP contribution < -0.4 is 14.2 Å². The van der Waals surface area contributed by atoms with Gasteiger partial charge < -0.3 is 14.2 Å². The maximum Gasteiger partial charge on any atom is 0.119 e. The summed E-state index contributed by atoms with van der Waals surface area (Å²) in [6.07, 6.45) is 0. The summed E-state index contributed by atoms with van der Waals surface area (Å²) in [5, 5.41) is 0. The third kappa shape index (κ3) is 2.52. The molecule has 0 saturated heterocycles. The van der Waals surface area contributed by atoms with Crippen molar-refractivity contribution in [1.29, 1.82) is 0 Å². The highest BCUT2D eigenvalue weighted by Crippen LogP contribution is 2.50. The first kappa shape index (κ1) is 15.6. The van der Waals surface area contributed by atoms with Gasteiger partial charge in [0.05, 0.1) is 21.3 Å². The lowest BCUT2D eigenvalue weighted by atomic mass is 9.89. The second-order valence-electron chi connectivity index (χ2n) is 6.12. The summed E-state index contributed by atoms with van der Waals surface area (Å²) in [6.45, 7) is 0. The molecule has 0 atom stereocenters. The van der Waals surface area contributed by atoms with E-state index in [4.69, 9.17) is 14.2 Å². The number of hydrogen-bond acceptors (Lipinski definition) is 3. The van der Waals surface area contributed by atoms with Gasteiger partial charge in [0.1, 0.15) is 17.2 Å². The Hall–Kier alpha value is -2.94. The van der Waals surface area contributed by atoms with Crippen molar-refractivity contribution in [3.63, 3.8) is 0 Å². The summed E-state index contributed by atoms with van der Waals surface area (Å²) in [5.41, 5.74) is 6.17. The standard InChI is InChI=1S/C22H20O3/c1-23-15-6-4-5-14(11-15)22-20-12-16(24-2)7-9-18(20)19-10-8-17(25-3)13-21(19)22/h4-13,22H,1-3H3. The van der Waals surface area contributed by atoms with Crippen molar-refractivity contribution in [3.8, 4) is 28.4 Å². The molecular weight excluding hydrogens is 312 g/mol. The van der Waals surface area contributed by atoms with E-state index < -0.39 is 0 Å². The highest BCUT2D eigenvalue weighted by molar-refractivity contribution is 5.82. The fraction of sp³-hybridized carbons (Fsp3) is 0.182. The lowest BCUT2D eigenvalue weighted by Crippen LogP contribution is -2.00. The number of hydrogen-bond donors (Lipinski definition) is 0. The van der Waals surface area contributed by atoms with Gasteiger partial charge in [-0.25, -0.2) is 0 Å². The Balaban J connectivity index is 1.96. The van der Waals surface area contributed by atoms with Crippen molar-refractivity contribution in [2.45, 2.75) is 5.92 Å². The largest absolute Gasteiger partial charge is 0.497 e. The van der Waals surface area contributed by atoms with Crippen molar-refractivity contribution in [1.82, 2.24) is 0 Å². The Morgan fingerprint density at radius 2 is 1.12 bits per heavy atom. The van der Waals surface area contributed by atoms with Gasteiger partial charge in [-0.3, -0.25) is 0 Å². The number of benzene rings is 3. The molecule has 0 aliphatic heterocycles. The monoisotopic (exact) mass is 332 g/mol. The van der Waals surface area contributed by atoms with Gasteiger partial charge >= 0.3 is 0 Å². The highest BCUT2D eigenvalue weighted by Gasteiger charge is 2.31. The molecule has 0 bridgehead atoms. The minimum absolute atomic E-state index is 0.130. The van der Waals surface area contributed by atoms with Crippen LogP contribution in [-0.4, -0.2) is 21.3 Å². The van der Waals surface area contributed by atoms with Crippen molar-refractivity contribution in [3.05, 3.63) is 77.4 Å². The van der Waals surface area contributed by atoms with Crippen LogP contribution in [0, 0.1) is 0 Å². The molecule has 1 aliphatic carbocycles. The van der Waals surface area contributed by atoms with E-state index in [0.29, 0.717) is 0 Å². The van der Waals surface area contributed by atoms with Crippen LogP contribution in [0.4, 0.5) is 0 Å². The molecule has 0 N–H and O–H groups in total. The molecule has 1 aliphatic rings. The molecule has 0 amide bonds. The van der Waals surface area contributed by atoms with Crippen LogP contribution in [0.3, 0.4) is 0 Å². The van der Waals surface area contributed by atoms with E-state index in [2.05, 4.69) is 36.4 Å². The van der Waals surface area contributed by atoms with Gasteiger partial charge in [0.15, 0.2) is 0 Å². The summed E-state index contributed by atoms with van der Waals surface area (Å²) in [7, 11) is 5.10. The Morgan fingerprint density at radius 3 is 1.64 bits per heavy atom. The van der Waals surface area contributed by atoms with Crippen LogP contribution in [0.1, 0.15) is 22.6 Å². The normalized spacial score (nSPS) is 12.4. The van der Waals surface area contributed by atoms with Crippen LogP contribution in [0.25, 0.3) is 11.1 Å². The summed E-state index contributed by atoms with van der Waals surface area (Å²) in [6, 6.07) is 20.8. The van der Waals surface area contributed by atoms with Crippen molar-refractivity contribution < 1.29 is 14.2 Å². The third-order valence-electron chi connectivity index (χ3n) is 4.86. The van der Waals surface area contributed by atoms with Crippen molar-refractivity contribution >= 4 is 0 Å². The quantitative estimate of drug-likeness (QED) is 0.533. The average molecular weight is 332 g/mol. The van der Waals surface area contributed by atoms with Gasteiger partial charge in [0.2, 0.25) is 0 Å². The summed E-state index contributed by atoms with van der Waals surface area (Å²) in [4.78, 5) is 0. The van der Waals surface area contributed by atoms with E-state index in [0.717, 1.165) is 17.2 Å². The Morgan fingerprint density at radius 1 is 0.600 bits per heavy atom. The number of rotatable bonds is 4. The van der Waals surface area contributed by atoms with Gasteiger partial charge in [-0.1, -0.05) is 24.3 Å². The number of ether oxygens (including phenoxy) is 3. The molecule has 0 spiro atoms. The molecule has 0 heterocycles. The second-order valence-corrected chi connectivity index (χ2v) is 6.12. The van der Waals surface area contributed by atoms with Crippen LogP contribution in [0.2, 0.25) is 0 Å². The minimum atomic E-state index is 0.130. The first-order valence-electron chi connectivity index (χ1n) is 8.25. The molecule has 3 aromatic rings. The van der Waals surface area contributed by atoms with E-state index in [-0.39, 0.29) is 5.92 Å². The number of fused-ring (bicyclic) bond motifs is 3. The van der Waals surface area contributed by atoms with Gasteiger partial charge in [0.25, 0.3) is 0 Å². The zero-order valence-electron chi connectivity index (χ0n) is 14.6.